The number of anilines is 1. The van der Waals surface area contributed by atoms with Crippen LogP contribution in [0.15, 0.2) is 53.5 Å². The summed E-state index contributed by atoms with van der Waals surface area (Å²) in [6.07, 6.45) is 0.824. The lowest BCUT2D eigenvalue weighted by Gasteiger charge is -2.08. The number of ether oxygens (including phenoxy) is 1. The molecular weight excluding hydrogens is 274 g/mol. The zero-order chi connectivity index (χ0) is 15.8. The molecule has 22 heavy (non-hydrogen) atoms. The first kappa shape index (κ1) is 15.9. The van der Waals surface area contributed by atoms with Crippen molar-refractivity contribution in [3.63, 3.8) is 0 Å². The van der Waals surface area contributed by atoms with Crippen molar-refractivity contribution in [1.29, 1.82) is 0 Å². The Morgan fingerprint density at radius 3 is 2.59 bits per heavy atom. The standard InChI is InChI=1S/C18H23N3O/c1-14-9-10-16(13-15(14)2)21-18(19)20-11-6-12-22-17-7-4-3-5-8-17/h3-5,7-10,13H,6,11-12H2,1-2H3,(H3,19,20,21). The zero-order valence-corrected chi connectivity index (χ0v) is 13.2. The summed E-state index contributed by atoms with van der Waals surface area (Å²) in [6, 6.07) is 15.9. The van der Waals surface area contributed by atoms with Crippen LogP contribution in [0.1, 0.15) is 17.5 Å². The number of nitrogens with zero attached hydrogens (tertiary/aromatic N) is 1. The highest BCUT2D eigenvalue weighted by Gasteiger charge is 1.98. The third-order valence-electron chi connectivity index (χ3n) is 3.38. The lowest BCUT2D eigenvalue weighted by molar-refractivity contribution is 0.313. The fraction of sp³-hybridized carbons (Fsp3) is 0.278. The van der Waals surface area contributed by atoms with Gasteiger partial charge in [0.1, 0.15) is 5.75 Å². The summed E-state index contributed by atoms with van der Waals surface area (Å²) in [6.45, 7) is 5.43. The Balaban J connectivity index is 1.72. The van der Waals surface area contributed by atoms with Crippen molar-refractivity contribution >= 4 is 11.6 Å². The Labute approximate surface area is 132 Å². The van der Waals surface area contributed by atoms with Crippen molar-refractivity contribution in [2.45, 2.75) is 20.3 Å². The molecule has 0 unspecified atom stereocenters. The molecule has 4 heteroatoms. The molecule has 0 aromatic heterocycles. The van der Waals surface area contributed by atoms with Gasteiger partial charge in [-0.2, -0.15) is 0 Å². The van der Waals surface area contributed by atoms with Gasteiger partial charge in [-0.05, 0) is 49.2 Å². The van der Waals surface area contributed by atoms with Crippen LogP contribution in [-0.2, 0) is 0 Å². The van der Waals surface area contributed by atoms with Gasteiger partial charge in [-0.3, -0.25) is 4.99 Å². The second-order valence-electron chi connectivity index (χ2n) is 5.21. The molecule has 4 nitrogen and oxygen atoms in total. The van der Waals surface area contributed by atoms with E-state index in [1.807, 2.05) is 36.4 Å². The smallest absolute Gasteiger partial charge is 0.193 e. The molecule has 0 aliphatic carbocycles. The van der Waals surface area contributed by atoms with Crippen molar-refractivity contribution in [2.75, 3.05) is 18.5 Å². The number of para-hydroxylation sites is 1. The number of guanidine groups is 1. The Hall–Kier alpha value is -2.49. The molecule has 3 N–H and O–H groups in total. The second-order valence-corrected chi connectivity index (χ2v) is 5.21. The second kappa shape index (κ2) is 8.08. The van der Waals surface area contributed by atoms with Crippen molar-refractivity contribution in [3.8, 4) is 5.75 Å². The maximum atomic E-state index is 5.89. The van der Waals surface area contributed by atoms with E-state index in [0.29, 0.717) is 19.1 Å². The predicted octanol–water partition coefficient (Wildman–Crippen LogP) is 3.50. The molecule has 0 amide bonds. The molecule has 0 atom stereocenters. The van der Waals surface area contributed by atoms with Gasteiger partial charge in [0.2, 0.25) is 0 Å². The zero-order valence-electron chi connectivity index (χ0n) is 13.2. The first-order valence-corrected chi connectivity index (χ1v) is 7.47. The maximum Gasteiger partial charge on any atom is 0.193 e. The average molecular weight is 297 g/mol. The highest BCUT2D eigenvalue weighted by atomic mass is 16.5. The quantitative estimate of drug-likeness (QED) is 0.487. The molecule has 2 rings (SSSR count). The van der Waals surface area contributed by atoms with Crippen LogP contribution >= 0.6 is 0 Å². The van der Waals surface area contributed by atoms with Crippen LogP contribution in [0.25, 0.3) is 0 Å². The summed E-state index contributed by atoms with van der Waals surface area (Å²) in [7, 11) is 0. The Morgan fingerprint density at radius 2 is 1.86 bits per heavy atom. The molecule has 2 aromatic carbocycles. The van der Waals surface area contributed by atoms with Gasteiger partial charge in [0.05, 0.1) is 6.61 Å². The van der Waals surface area contributed by atoms with Gasteiger partial charge in [-0.25, -0.2) is 0 Å². The Morgan fingerprint density at radius 1 is 1.09 bits per heavy atom. The molecule has 2 aromatic rings. The summed E-state index contributed by atoms with van der Waals surface area (Å²) in [5.41, 5.74) is 9.34. The van der Waals surface area contributed by atoms with Crippen molar-refractivity contribution in [1.82, 2.24) is 0 Å². The lowest BCUT2D eigenvalue weighted by atomic mass is 10.1. The van der Waals surface area contributed by atoms with Gasteiger partial charge in [0.15, 0.2) is 5.96 Å². The van der Waals surface area contributed by atoms with E-state index in [4.69, 9.17) is 10.5 Å². The van der Waals surface area contributed by atoms with Crippen LogP contribution < -0.4 is 15.8 Å². The summed E-state index contributed by atoms with van der Waals surface area (Å²) in [5, 5.41) is 3.11. The van der Waals surface area contributed by atoms with Crippen LogP contribution in [0, 0.1) is 13.8 Å². The number of aryl methyl sites for hydroxylation is 2. The number of nitrogens with one attached hydrogen (secondary N) is 1. The van der Waals surface area contributed by atoms with Crippen LogP contribution in [0.3, 0.4) is 0 Å². The van der Waals surface area contributed by atoms with Crippen LogP contribution in [0.2, 0.25) is 0 Å². The van der Waals surface area contributed by atoms with E-state index in [9.17, 15) is 0 Å². The molecular formula is C18H23N3O. The van der Waals surface area contributed by atoms with Gasteiger partial charge >= 0.3 is 0 Å². The van der Waals surface area contributed by atoms with Gasteiger partial charge in [-0.15, -0.1) is 0 Å². The minimum absolute atomic E-state index is 0.433. The van der Waals surface area contributed by atoms with Crippen LogP contribution in [0.5, 0.6) is 5.75 Å². The van der Waals surface area contributed by atoms with E-state index >= 15 is 0 Å². The molecule has 0 spiro atoms. The highest BCUT2D eigenvalue weighted by molar-refractivity contribution is 5.92. The third kappa shape index (κ3) is 5.13. The first-order chi connectivity index (χ1) is 10.6. The summed E-state index contributed by atoms with van der Waals surface area (Å²) >= 11 is 0. The lowest BCUT2D eigenvalue weighted by Crippen LogP contribution is -2.23. The van der Waals surface area contributed by atoms with E-state index in [-0.39, 0.29) is 0 Å². The number of hydrogen-bond donors (Lipinski definition) is 2. The third-order valence-corrected chi connectivity index (χ3v) is 3.38. The van der Waals surface area contributed by atoms with Crippen LogP contribution in [0.4, 0.5) is 5.69 Å². The average Bonchev–Trinajstić information content (AvgIpc) is 2.52. The molecule has 0 saturated heterocycles. The number of rotatable bonds is 6. The monoisotopic (exact) mass is 297 g/mol. The topological polar surface area (TPSA) is 59.6 Å². The van der Waals surface area contributed by atoms with E-state index in [0.717, 1.165) is 17.9 Å². The number of aliphatic imine (C=N–C) groups is 1. The van der Waals surface area contributed by atoms with E-state index in [1.165, 1.54) is 11.1 Å². The predicted molar refractivity (Wildman–Crippen MR) is 92.6 cm³/mol. The Bertz CT molecular complexity index is 623. The molecule has 0 bridgehead atoms. The first-order valence-electron chi connectivity index (χ1n) is 7.47. The SMILES string of the molecule is Cc1ccc(NC(N)=NCCCOc2ccccc2)cc1C. The highest BCUT2D eigenvalue weighted by Crippen LogP contribution is 2.13. The fourth-order valence-electron chi connectivity index (χ4n) is 1.98. The number of hydrogen-bond acceptors (Lipinski definition) is 2. The molecule has 0 fully saturated rings. The van der Waals surface area contributed by atoms with Crippen LogP contribution in [-0.4, -0.2) is 19.1 Å². The maximum absolute atomic E-state index is 5.89. The van der Waals surface area contributed by atoms with Gasteiger partial charge in [0.25, 0.3) is 0 Å². The summed E-state index contributed by atoms with van der Waals surface area (Å²) in [5.74, 6) is 1.32. The molecule has 116 valence electrons. The van der Waals surface area contributed by atoms with E-state index in [2.05, 4.69) is 36.3 Å². The Kier molecular flexibility index (Phi) is 5.83. The van der Waals surface area contributed by atoms with Gasteiger partial charge in [0, 0.05) is 18.7 Å². The molecule has 0 aliphatic heterocycles. The largest absolute Gasteiger partial charge is 0.494 e. The summed E-state index contributed by atoms with van der Waals surface area (Å²) in [4.78, 5) is 4.31. The van der Waals surface area contributed by atoms with Gasteiger partial charge in [-0.1, -0.05) is 24.3 Å². The van der Waals surface area contributed by atoms with E-state index in [1.54, 1.807) is 0 Å². The van der Waals surface area contributed by atoms with Crippen molar-refractivity contribution in [2.24, 2.45) is 10.7 Å². The molecule has 0 saturated carbocycles. The number of nitrogens with two attached hydrogens (primary N) is 1. The van der Waals surface area contributed by atoms with Crippen molar-refractivity contribution in [3.05, 3.63) is 59.7 Å². The number of benzene rings is 2. The van der Waals surface area contributed by atoms with Crippen molar-refractivity contribution < 1.29 is 4.74 Å². The minimum Gasteiger partial charge on any atom is -0.494 e. The fourth-order valence-corrected chi connectivity index (χ4v) is 1.98. The summed E-state index contributed by atoms with van der Waals surface area (Å²) < 4.78 is 5.60. The molecule has 0 radical (unpaired) electrons. The molecule has 0 aliphatic rings. The normalized spacial score (nSPS) is 11.3. The molecule has 0 heterocycles. The van der Waals surface area contributed by atoms with Gasteiger partial charge < -0.3 is 15.8 Å². The minimum atomic E-state index is 0.433. The van der Waals surface area contributed by atoms with E-state index < -0.39 is 0 Å².